The fourth-order valence-corrected chi connectivity index (χ4v) is 2.76. The average molecular weight is 381 g/mol. The molecule has 0 saturated carbocycles. The molecule has 0 spiro atoms. The number of benzene rings is 2. The van der Waals surface area contributed by atoms with Crippen molar-refractivity contribution in [2.75, 3.05) is 16.4 Å². The van der Waals surface area contributed by atoms with Crippen LogP contribution in [-0.4, -0.2) is 9.97 Å². The van der Waals surface area contributed by atoms with Gasteiger partial charge >= 0.3 is 0 Å². The minimum atomic E-state index is 0.341. The number of nitrogens with two attached hydrogens (primary N) is 1. The fraction of sp³-hybridized carbons (Fsp3) is 0. The summed E-state index contributed by atoms with van der Waals surface area (Å²) in [6.45, 7) is 0. The highest BCUT2D eigenvalue weighted by atomic mass is 35.5. The Morgan fingerprint density at radius 2 is 1.46 bits per heavy atom. The van der Waals surface area contributed by atoms with Gasteiger partial charge in [-0.3, -0.25) is 0 Å². The second kappa shape index (κ2) is 7.13. The molecule has 0 radical (unpaired) electrons. The molecule has 0 aliphatic rings. The van der Waals surface area contributed by atoms with Gasteiger partial charge in [-0.05, 0) is 30.3 Å². The molecular formula is C16H12Cl3N5. The molecule has 0 bridgehead atoms. The zero-order valence-electron chi connectivity index (χ0n) is 12.2. The summed E-state index contributed by atoms with van der Waals surface area (Å²) in [6, 6.07) is 12.4. The minimum Gasteiger partial charge on any atom is -0.393 e. The lowest BCUT2D eigenvalue weighted by Crippen LogP contribution is -2.05. The molecule has 0 saturated heterocycles. The molecule has 0 amide bonds. The quantitative estimate of drug-likeness (QED) is 0.556. The van der Waals surface area contributed by atoms with Crippen molar-refractivity contribution in [1.29, 1.82) is 0 Å². The predicted molar refractivity (Wildman–Crippen MR) is 101 cm³/mol. The molecule has 1 heterocycles. The van der Waals surface area contributed by atoms with Crippen LogP contribution in [0.25, 0.3) is 0 Å². The smallest absolute Gasteiger partial charge is 0.159 e. The first-order chi connectivity index (χ1) is 11.5. The van der Waals surface area contributed by atoms with Gasteiger partial charge < -0.3 is 16.4 Å². The van der Waals surface area contributed by atoms with Crippen molar-refractivity contribution in [2.24, 2.45) is 0 Å². The average Bonchev–Trinajstić information content (AvgIpc) is 2.52. The normalized spacial score (nSPS) is 10.5. The lowest BCUT2D eigenvalue weighted by atomic mass is 10.3. The van der Waals surface area contributed by atoms with E-state index in [1.54, 1.807) is 24.3 Å². The zero-order valence-corrected chi connectivity index (χ0v) is 14.5. The third-order valence-electron chi connectivity index (χ3n) is 3.14. The standard InChI is InChI=1S/C16H12Cl3N5/c17-9-5-10(18)7-11(6-9)23-15-14(20)16(22-8-21-15)24-13-4-2-1-3-12(13)19/h1-8H,20H2,(H2,21,22,23,24). The van der Waals surface area contributed by atoms with Crippen LogP contribution in [0.3, 0.4) is 0 Å². The maximum absolute atomic E-state index is 6.15. The molecule has 0 aliphatic heterocycles. The molecule has 0 unspecified atom stereocenters. The summed E-state index contributed by atoms with van der Waals surface area (Å²) in [5.41, 5.74) is 7.85. The van der Waals surface area contributed by atoms with Crippen LogP contribution < -0.4 is 16.4 Å². The largest absolute Gasteiger partial charge is 0.393 e. The number of anilines is 5. The van der Waals surface area contributed by atoms with E-state index in [-0.39, 0.29) is 0 Å². The Labute approximate surface area is 153 Å². The number of hydrogen-bond donors (Lipinski definition) is 3. The first-order valence-electron chi connectivity index (χ1n) is 6.88. The summed E-state index contributed by atoms with van der Waals surface area (Å²) < 4.78 is 0. The van der Waals surface area contributed by atoms with E-state index in [9.17, 15) is 0 Å². The van der Waals surface area contributed by atoms with Gasteiger partial charge in [-0.1, -0.05) is 46.9 Å². The van der Waals surface area contributed by atoms with E-state index in [1.165, 1.54) is 6.33 Å². The van der Waals surface area contributed by atoms with Gasteiger partial charge in [0, 0.05) is 15.7 Å². The van der Waals surface area contributed by atoms with Crippen LogP contribution in [0.15, 0.2) is 48.8 Å². The molecule has 0 fully saturated rings. The number of nitrogens with one attached hydrogen (secondary N) is 2. The van der Waals surface area contributed by atoms with Crippen molar-refractivity contribution in [3.8, 4) is 0 Å². The van der Waals surface area contributed by atoms with Crippen molar-refractivity contribution >= 4 is 63.5 Å². The second-order valence-corrected chi connectivity index (χ2v) is 6.15. The van der Waals surface area contributed by atoms with Crippen LogP contribution in [0.2, 0.25) is 15.1 Å². The van der Waals surface area contributed by atoms with Crippen molar-refractivity contribution in [1.82, 2.24) is 9.97 Å². The maximum Gasteiger partial charge on any atom is 0.159 e. The maximum atomic E-state index is 6.15. The van der Waals surface area contributed by atoms with Gasteiger partial charge in [0.15, 0.2) is 11.6 Å². The van der Waals surface area contributed by atoms with E-state index in [2.05, 4.69) is 20.6 Å². The van der Waals surface area contributed by atoms with Crippen LogP contribution in [-0.2, 0) is 0 Å². The van der Waals surface area contributed by atoms with Crippen molar-refractivity contribution in [3.63, 3.8) is 0 Å². The SMILES string of the molecule is Nc1c(Nc2cc(Cl)cc(Cl)c2)ncnc1Nc1ccccc1Cl. The van der Waals surface area contributed by atoms with Crippen molar-refractivity contribution in [3.05, 3.63) is 63.9 Å². The number of hydrogen-bond acceptors (Lipinski definition) is 5. The van der Waals surface area contributed by atoms with Crippen molar-refractivity contribution < 1.29 is 0 Å². The summed E-state index contributed by atoms with van der Waals surface area (Å²) in [7, 11) is 0. The molecule has 2 aromatic carbocycles. The number of nitrogen functional groups attached to an aromatic ring is 1. The fourth-order valence-electron chi connectivity index (χ4n) is 2.05. The molecule has 5 nitrogen and oxygen atoms in total. The Bertz CT molecular complexity index is 865. The van der Waals surface area contributed by atoms with E-state index < -0.39 is 0 Å². The van der Waals surface area contributed by atoms with Gasteiger partial charge in [0.25, 0.3) is 0 Å². The van der Waals surface area contributed by atoms with Gasteiger partial charge in [-0.2, -0.15) is 0 Å². The number of nitrogens with zero attached hydrogens (tertiary/aromatic N) is 2. The van der Waals surface area contributed by atoms with E-state index in [1.807, 2.05) is 18.2 Å². The second-order valence-electron chi connectivity index (χ2n) is 4.87. The van der Waals surface area contributed by atoms with Gasteiger partial charge in [0.2, 0.25) is 0 Å². The summed E-state index contributed by atoms with van der Waals surface area (Å²) in [6.07, 6.45) is 1.39. The Kier molecular flexibility index (Phi) is 4.94. The van der Waals surface area contributed by atoms with Crippen molar-refractivity contribution in [2.45, 2.75) is 0 Å². The first kappa shape index (κ1) is 16.6. The first-order valence-corrected chi connectivity index (χ1v) is 8.01. The number of aromatic nitrogens is 2. The van der Waals surface area contributed by atoms with E-state index in [0.29, 0.717) is 43.8 Å². The Morgan fingerprint density at radius 3 is 2.12 bits per heavy atom. The third kappa shape index (κ3) is 3.82. The van der Waals surface area contributed by atoms with Crippen LogP contribution in [0.4, 0.5) is 28.7 Å². The van der Waals surface area contributed by atoms with Gasteiger partial charge in [0.05, 0.1) is 10.7 Å². The summed E-state index contributed by atoms with van der Waals surface area (Å²) in [4.78, 5) is 8.31. The number of rotatable bonds is 4. The zero-order chi connectivity index (χ0) is 17.1. The number of halogens is 3. The number of para-hydroxylation sites is 1. The minimum absolute atomic E-state index is 0.341. The molecule has 8 heteroatoms. The summed E-state index contributed by atoms with van der Waals surface area (Å²) in [5, 5.41) is 7.74. The lowest BCUT2D eigenvalue weighted by molar-refractivity contribution is 1.17. The highest BCUT2D eigenvalue weighted by Gasteiger charge is 2.10. The molecule has 3 aromatic rings. The molecule has 0 atom stereocenters. The topological polar surface area (TPSA) is 75.9 Å². The highest BCUT2D eigenvalue weighted by Crippen LogP contribution is 2.32. The molecule has 4 N–H and O–H groups in total. The third-order valence-corrected chi connectivity index (χ3v) is 3.90. The van der Waals surface area contributed by atoms with E-state index in [4.69, 9.17) is 40.5 Å². The summed E-state index contributed by atoms with van der Waals surface area (Å²) in [5.74, 6) is 0.867. The molecule has 1 aromatic heterocycles. The molecule has 0 aliphatic carbocycles. The van der Waals surface area contributed by atoms with E-state index >= 15 is 0 Å². The van der Waals surface area contributed by atoms with Gasteiger partial charge in [-0.25, -0.2) is 9.97 Å². The van der Waals surface area contributed by atoms with Crippen LogP contribution in [0.5, 0.6) is 0 Å². The van der Waals surface area contributed by atoms with Crippen LogP contribution in [0.1, 0.15) is 0 Å². The van der Waals surface area contributed by atoms with Gasteiger partial charge in [-0.15, -0.1) is 0 Å². The molecule has 3 rings (SSSR count). The molecule has 24 heavy (non-hydrogen) atoms. The van der Waals surface area contributed by atoms with Gasteiger partial charge in [0.1, 0.15) is 12.0 Å². The highest BCUT2D eigenvalue weighted by molar-refractivity contribution is 6.35. The predicted octanol–water partition coefficient (Wildman–Crippen LogP) is 5.51. The lowest BCUT2D eigenvalue weighted by Gasteiger charge is -2.13. The van der Waals surface area contributed by atoms with Crippen LogP contribution >= 0.6 is 34.8 Å². The summed E-state index contributed by atoms with van der Waals surface area (Å²) >= 11 is 18.1. The molecular weight excluding hydrogens is 369 g/mol. The monoisotopic (exact) mass is 379 g/mol. The van der Waals surface area contributed by atoms with Crippen LogP contribution in [0, 0.1) is 0 Å². The van der Waals surface area contributed by atoms with E-state index in [0.717, 1.165) is 0 Å². The Hall–Kier alpha value is -2.21. The Balaban J connectivity index is 1.89. The molecule has 122 valence electrons. The Morgan fingerprint density at radius 1 is 0.833 bits per heavy atom.